The predicted molar refractivity (Wildman–Crippen MR) is 77.0 cm³/mol. The lowest BCUT2D eigenvalue weighted by Gasteiger charge is -2.12. The molecule has 1 saturated heterocycles. The van der Waals surface area contributed by atoms with Gasteiger partial charge in [-0.2, -0.15) is 0 Å². The second kappa shape index (κ2) is 5.85. The van der Waals surface area contributed by atoms with Gasteiger partial charge in [0.2, 0.25) is 10.0 Å². The molecule has 1 aliphatic carbocycles. The number of hydrogen-bond acceptors (Lipinski definition) is 4. The average Bonchev–Trinajstić information content (AvgIpc) is 3.23. The zero-order chi connectivity index (χ0) is 15.7. The van der Waals surface area contributed by atoms with Crippen LogP contribution in [0.1, 0.15) is 18.4 Å². The maximum atomic E-state index is 12.8. The smallest absolute Gasteiger partial charge is 0.410 e. The molecule has 1 amide bonds. The van der Waals surface area contributed by atoms with Crippen LogP contribution < -0.4 is 4.72 Å². The van der Waals surface area contributed by atoms with Gasteiger partial charge in [-0.3, -0.25) is 0 Å². The lowest BCUT2D eigenvalue weighted by Crippen LogP contribution is -2.35. The van der Waals surface area contributed by atoms with E-state index in [2.05, 4.69) is 4.72 Å². The van der Waals surface area contributed by atoms with E-state index in [4.69, 9.17) is 4.74 Å². The SMILES string of the molecule is O=C1OC(CNS(=O)(=O)Cc2ccc(F)cc2)CN1C1CC1. The lowest BCUT2D eigenvalue weighted by atomic mass is 10.2. The molecule has 0 radical (unpaired) electrons. The highest BCUT2D eigenvalue weighted by atomic mass is 32.2. The first kappa shape index (κ1) is 15.2. The number of nitrogens with one attached hydrogen (secondary N) is 1. The Kier molecular flexibility index (Phi) is 4.05. The first-order valence-corrected chi connectivity index (χ1v) is 8.77. The number of benzene rings is 1. The molecule has 1 aliphatic heterocycles. The second-order valence-corrected chi connectivity index (χ2v) is 7.43. The summed E-state index contributed by atoms with van der Waals surface area (Å²) in [5, 5.41) is 0. The van der Waals surface area contributed by atoms with Gasteiger partial charge in [0, 0.05) is 12.6 Å². The molecule has 0 spiro atoms. The number of carbonyl (C=O) groups is 1. The van der Waals surface area contributed by atoms with Gasteiger partial charge < -0.3 is 9.64 Å². The Morgan fingerprint density at radius 1 is 1.27 bits per heavy atom. The minimum absolute atomic E-state index is 0.0541. The van der Waals surface area contributed by atoms with Gasteiger partial charge in [-0.25, -0.2) is 22.3 Å². The zero-order valence-electron chi connectivity index (χ0n) is 11.9. The third kappa shape index (κ3) is 3.75. The van der Waals surface area contributed by atoms with Crippen molar-refractivity contribution in [1.29, 1.82) is 0 Å². The van der Waals surface area contributed by atoms with Gasteiger partial charge in [-0.05, 0) is 30.5 Å². The van der Waals surface area contributed by atoms with Crippen molar-refractivity contribution in [2.45, 2.75) is 30.7 Å². The number of hydrogen-bond donors (Lipinski definition) is 1. The highest BCUT2D eigenvalue weighted by Gasteiger charge is 2.41. The van der Waals surface area contributed by atoms with E-state index in [0.717, 1.165) is 12.8 Å². The van der Waals surface area contributed by atoms with Crippen molar-refractivity contribution in [1.82, 2.24) is 9.62 Å². The van der Waals surface area contributed by atoms with Crippen LogP contribution in [0.2, 0.25) is 0 Å². The van der Waals surface area contributed by atoms with Crippen molar-refractivity contribution in [2.24, 2.45) is 0 Å². The van der Waals surface area contributed by atoms with Gasteiger partial charge in [0.1, 0.15) is 11.9 Å². The van der Waals surface area contributed by atoms with Crippen molar-refractivity contribution in [2.75, 3.05) is 13.1 Å². The van der Waals surface area contributed by atoms with Crippen LogP contribution in [0, 0.1) is 5.82 Å². The van der Waals surface area contributed by atoms with Crippen LogP contribution in [0.25, 0.3) is 0 Å². The topological polar surface area (TPSA) is 75.7 Å². The van der Waals surface area contributed by atoms with Crippen LogP contribution in [0.3, 0.4) is 0 Å². The quantitative estimate of drug-likeness (QED) is 0.852. The van der Waals surface area contributed by atoms with E-state index >= 15 is 0 Å². The zero-order valence-corrected chi connectivity index (χ0v) is 12.7. The van der Waals surface area contributed by atoms with Crippen LogP contribution in [-0.4, -0.2) is 44.6 Å². The maximum absolute atomic E-state index is 12.8. The van der Waals surface area contributed by atoms with Gasteiger partial charge >= 0.3 is 6.09 Å². The minimum Gasteiger partial charge on any atom is -0.443 e. The summed E-state index contributed by atoms with van der Waals surface area (Å²) in [4.78, 5) is 13.3. The number of amides is 1. The van der Waals surface area contributed by atoms with Crippen LogP contribution in [0.15, 0.2) is 24.3 Å². The molecule has 0 bridgehead atoms. The van der Waals surface area contributed by atoms with Crippen LogP contribution in [-0.2, 0) is 20.5 Å². The maximum Gasteiger partial charge on any atom is 0.410 e. The number of nitrogens with zero attached hydrogens (tertiary/aromatic N) is 1. The van der Waals surface area contributed by atoms with Crippen molar-refractivity contribution < 1.29 is 22.3 Å². The van der Waals surface area contributed by atoms with Crippen molar-refractivity contribution in [3.8, 4) is 0 Å². The Morgan fingerprint density at radius 2 is 1.95 bits per heavy atom. The number of cyclic esters (lactones) is 1. The van der Waals surface area contributed by atoms with E-state index in [-0.39, 0.29) is 24.4 Å². The number of halogens is 1. The largest absolute Gasteiger partial charge is 0.443 e. The third-order valence-corrected chi connectivity index (χ3v) is 5.01. The van der Waals surface area contributed by atoms with E-state index in [9.17, 15) is 17.6 Å². The van der Waals surface area contributed by atoms with Gasteiger partial charge in [0.15, 0.2) is 0 Å². The number of rotatable bonds is 6. The summed E-state index contributed by atoms with van der Waals surface area (Å²) < 4.78 is 44.4. The molecule has 1 N–H and O–H groups in total. The minimum atomic E-state index is -3.56. The lowest BCUT2D eigenvalue weighted by molar-refractivity contribution is 0.133. The first-order valence-electron chi connectivity index (χ1n) is 7.12. The highest BCUT2D eigenvalue weighted by molar-refractivity contribution is 7.88. The average molecular weight is 328 g/mol. The molecule has 0 aromatic heterocycles. The summed E-state index contributed by atoms with van der Waals surface area (Å²) in [5.41, 5.74) is 0.497. The summed E-state index contributed by atoms with van der Waals surface area (Å²) in [6.45, 7) is 0.473. The fourth-order valence-corrected chi connectivity index (χ4v) is 3.58. The summed E-state index contributed by atoms with van der Waals surface area (Å²) in [6, 6.07) is 5.56. The molecule has 120 valence electrons. The van der Waals surface area contributed by atoms with Gasteiger partial charge in [-0.15, -0.1) is 0 Å². The second-order valence-electron chi connectivity index (χ2n) is 5.62. The van der Waals surface area contributed by atoms with E-state index < -0.39 is 21.9 Å². The Balaban J connectivity index is 1.52. The summed E-state index contributed by atoms with van der Waals surface area (Å²) in [6.07, 6.45) is 1.14. The van der Waals surface area contributed by atoms with Crippen molar-refractivity contribution in [3.05, 3.63) is 35.6 Å². The van der Waals surface area contributed by atoms with Crippen molar-refractivity contribution in [3.63, 3.8) is 0 Å². The molecule has 6 nitrogen and oxygen atoms in total. The van der Waals surface area contributed by atoms with Crippen LogP contribution in [0.5, 0.6) is 0 Å². The van der Waals surface area contributed by atoms with Gasteiger partial charge in [0.25, 0.3) is 0 Å². The summed E-state index contributed by atoms with van der Waals surface area (Å²) in [7, 11) is -3.56. The molecular weight excluding hydrogens is 311 g/mol. The van der Waals surface area contributed by atoms with Gasteiger partial charge in [0.05, 0.1) is 12.3 Å². The van der Waals surface area contributed by atoms with Gasteiger partial charge in [-0.1, -0.05) is 12.1 Å². The number of sulfonamides is 1. The standard InChI is InChI=1S/C14H17FN2O4S/c15-11-3-1-10(2-4-11)9-22(19,20)16-7-13-8-17(12-5-6-12)14(18)21-13/h1-4,12-13,16H,5-9H2. The highest BCUT2D eigenvalue weighted by Crippen LogP contribution is 2.30. The molecule has 1 aromatic rings. The molecule has 1 saturated carbocycles. The molecular formula is C14H17FN2O4S. The monoisotopic (exact) mass is 328 g/mol. The Morgan fingerprint density at radius 3 is 2.59 bits per heavy atom. The third-order valence-electron chi connectivity index (χ3n) is 3.69. The molecule has 2 aliphatic rings. The summed E-state index contributed by atoms with van der Waals surface area (Å²) >= 11 is 0. The molecule has 1 atom stereocenters. The van der Waals surface area contributed by atoms with E-state index in [0.29, 0.717) is 12.1 Å². The van der Waals surface area contributed by atoms with E-state index in [1.54, 1.807) is 4.90 Å². The molecule has 2 fully saturated rings. The molecule has 8 heteroatoms. The van der Waals surface area contributed by atoms with E-state index in [1.165, 1.54) is 24.3 Å². The normalized spacial score (nSPS) is 22.0. The number of carbonyl (C=O) groups excluding carboxylic acids is 1. The molecule has 1 heterocycles. The molecule has 1 aromatic carbocycles. The predicted octanol–water partition coefficient (Wildman–Crippen LogP) is 1.23. The van der Waals surface area contributed by atoms with Crippen LogP contribution >= 0.6 is 0 Å². The first-order chi connectivity index (χ1) is 10.4. The Labute approximate surface area is 128 Å². The van der Waals surface area contributed by atoms with Crippen molar-refractivity contribution >= 4 is 16.1 Å². The van der Waals surface area contributed by atoms with Crippen LogP contribution in [0.4, 0.5) is 9.18 Å². The number of ether oxygens (including phenoxy) is 1. The Hall–Kier alpha value is -1.67. The Bertz CT molecular complexity index is 658. The molecule has 22 heavy (non-hydrogen) atoms. The summed E-state index contributed by atoms with van der Waals surface area (Å²) in [5.74, 6) is -0.646. The van der Waals surface area contributed by atoms with E-state index in [1.807, 2.05) is 0 Å². The molecule has 1 unspecified atom stereocenters. The fourth-order valence-electron chi connectivity index (χ4n) is 2.40. The molecule has 3 rings (SSSR count). The fraction of sp³-hybridized carbons (Fsp3) is 0.500.